The van der Waals surface area contributed by atoms with Gasteiger partial charge in [-0.25, -0.2) is 14.4 Å². The van der Waals surface area contributed by atoms with Crippen molar-refractivity contribution < 1.29 is 23.7 Å². The fourth-order valence-corrected chi connectivity index (χ4v) is 4.19. The third-order valence-corrected chi connectivity index (χ3v) is 5.66. The molecular formula is C23H16FN3O5. The summed E-state index contributed by atoms with van der Waals surface area (Å²) in [4.78, 5) is 44.1. The number of hydrogen-bond donors (Lipinski definition) is 0. The maximum Gasteiger partial charge on any atom is 0.269 e. The van der Waals surface area contributed by atoms with E-state index in [9.17, 15) is 24.1 Å². The van der Waals surface area contributed by atoms with Crippen molar-refractivity contribution in [3.63, 3.8) is 0 Å². The molecule has 2 fully saturated rings. The standard InChI is InChI=1S/C23H16FN3O5/c24-15-8-12-16(13-9-15)25-22(28)19-20(14-6-10-18(11-7-14)27(30)31)26(32-21(19)23(25)29)17-4-2-1-3-5-17/h1-13,19-21H/t19-,20+,21-/m1/s1. The molecule has 160 valence electrons. The summed E-state index contributed by atoms with van der Waals surface area (Å²) >= 11 is 0. The second-order valence-electron chi connectivity index (χ2n) is 7.49. The molecule has 32 heavy (non-hydrogen) atoms. The molecule has 0 aliphatic carbocycles. The topological polar surface area (TPSA) is 93.0 Å². The van der Waals surface area contributed by atoms with E-state index in [2.05, 4.69) is 0 Å². The van der Waals surface area contributed by atoms with Gasteiger partial charge < -0.3 is 0 Å². The van der Waals surface area contributed by atoms with E-state index in [1.807, 2.05) is 6.07 Å². The Bertz CT molecular complexity index is 1200. The van der Waals surface area contributed by atoms with Crippen LogP contribution < -0.4 is 9.96 Å². The van der Waals surface area contributed by atoms with E-state index in [1.165, 1.54) is 41.5 Å². The fraction of sp³-hybridized carbons (Fsp3) is 0.130. The molecule has 0 spiro atoms. The van der Waals surface area contributed by atoms with Crippen molar-refractivity contribution in [3.05, 3.63) is 100 Å². The number of anilines is 2. The Balaban J connectivity index is 1.57. The van der Waals surface area contributed by atoms with Crippen LogP contribution in [0.1, 0.15) is 11.6 Å². The molecule has 0 bridgehead atoms. The molecule has 2 heterocycles. The van der Waals surface area contributed by atoms with Crippen molar-refractivity contribution >= 4 is 28.9 Å². The first-order chi connectivity index (χ1) is 15.5. The zero-order chi connectivity index (χ0) is 22.4. The highest BCUT2D eigenvalue weighted by Gasteiger charge is 2.60. The molecule has 0 N–H and O–H groups in total. The summed E-state index contributed by atoms with van der Waals surface area (Å²) in [5.41, 5.74) is 1.40. The number of rotatable bonds is 4. The molecule has 2 aliphatic rings. The molecule has 3 aromatic rings. The molecular weight excluding hydrogens is 417 g/mol. The fourth-order valence-electron chi connectivity index (χ4n) is 4.19. The Morgan fingerprint density at radius 2 is 1.50 bits per heavy atom. The summed E-state index contributed by atoms with van der Waals surface area (Å²) in [5, 5.41) is 12.6. The summed E-state index contributed by atoms with van der Waals surface area (Å²) in [6, 6.07) is 19.2. The Hall–Kier alpha value is -4.11. The number of imide groups is 1. The molecule has 0 saturated carbocycles. The highest BCUT2D eigenvalue weighted by Crippen LogP contribution is 2.47. The number of nitro benzene ring substituents is 1. The lowest BCUT2D eigenvalue weighted by Crippen LogP contribution is -2.37. The maximum atomic E-state index is 13.4. The van der Waals surface area contributed by atoms with Crippen molar-refractivity contribution in [2.75, 3.05) is 9.96 Å². The first-order valence-corrected chi connectivity index (χ1v) is 9.84. The molecule has 0 radical (unpaired) electrons. The van der Waals surface area contributed by atoms with Gasteiger partial charge in [0.15, 0.2) is 6.10 Å². The molecule has 2 saturated heterocycles. The molecule has 2 amide bonds. The van der Waals surface area contributed by atoms with E-state index in [0.717, 1.165) is 4.90 Å². The third kappa shape index (κ3) is 3.10. The lowest BCUT2D eigenvalue weighted by Gasteiger charge is -2.28. The van der Waals surface area contributed by atoms with E-state index < -0.39 is 40.6 Å². The highest BCUT2D eigenvalue weighted by molar-refractivity contribution is 6.23. The van der Waals surface area contributed by atoms with Gasteiger partial charge in [-0.3, -0.25) is 24.5 Å². The van der Waals surface area contributed by atoms with E-state index in [1.54, 1.807) is 36.4 Å². The van der Waals surface area contributed by atoms with Gasteiger partial charge in [-0.15, -0.1) is 0 Å². The second-order valence-corrected chi connectivity index (χ2v) is 7.49. The maximum absolute atomic E-state index is 13.4. The molecule has 2 aliphatic heterocycles. The summed E-state index contributed by atoms with van der Waals surface area (Å²) in [6.45, 7) is 0. The Kier molecular flexibility index (Phi) is 4.67. The van der Waals surface area contributed by atoms with Gasteiger partial charge in [-0.2, -0.15) is 0 Å². The van der Waals surface area contributed by atoms with Crippen LogP contribution in [0.2, 0.25) is 0 Å². The molecule has 0 aromatic heterocycles. The normalized spacial score (nSPS) is 22.3. The molecule has 0 unspecified atom stereocenters. The first-order valence-electron chi connectivity index (χ1n) is 9.84. The number of hydrogen-bond acceptors (Lipinski definition) is 6. The number of non-ortho nitro benzene ring substituents is 1. The van der Waals surface area contributed by atoms with E-state index in [4.69, 9.17) is 4.84 Å². The van der Waals surface area contributed by atoms with Crippen LogP contribution in [0, 0.1) is 21.8 Å². The first kappa shape index (κ1) is 19.8. The van der Waals surface area contributed by atoms with Crippen LogP contribution in [0.4, 0.5) is 21.5 Å². The zero-order valence-electron chi connectivity index (χ0n) is 16.5. The quantitative estimate of drug-likeness (QED) is 0.353. The van der Waals surface area contributed by atoms with Gasteiger partial charge in [0.2, 0.25) is 5.91 Å². The molecule has 3 atom stereocenters. The van der Waals surface area contributed by atoms with Crippen LogP contribution in [0.25, 0.3) is 0 Å². The molecule has 5 rings (SSSR count). The number of para-hydroxylation sites is 1. The number of carbonyl (C=O) groups is 2. The number of benzene rings is 3. The summed E-state index contributed by atoms with van der Waals surface area (Å²) in [6.07, 6.45) is -1.08. The van der Waals surface area contributed by atoms with E-state index in [0.29, 0.717) is 11.3 Å². The van der Waals surface area contributed by atoms with Gasteiger partial charge in [-0.05, 0) is 42.0 Å². The number of nitrogens with zero attached hydrogens (tertiary/aromatic N) is 3. The number of fused-ring (bicyclic) bond motifs is 1. The van der Waals surface area contributed by atoms with Crippen molar-refractivity contribution in [3.8, 4) is 0 Å². The number of carbonyl (C=O) groups excluding carboxylic acids is 2. The zero-order valence-corrected chi connectivity index (χ0v) is 16.5. The predicted octanol–water partition coefficient (Wildman–Crippen LogP) is 3.79. The van der Waals surface area contributed by atoms with Crippen LogP contribution in [0.3, 0.4) is 0 Å². The lowest BCUT2D eigenvalue weighted by molar-refractivity contribution is -0.384. The van der Waals surface area contributed by atoms with Gasteiger partial charge in [-0.1, -0.05) is 30.3 Å². The van der Waals surface area contributed by atoms with Crippen LogP contribution in [0.15, 0.2) is 78.9 Å². The minimum Gasteiger partial charge on any atom is -0.273 e. The Morgan fingerprint density at radius 3 is 2.12 bits per heavy atom. The molecule has 8 nitrogen and oxygen atoms in total. The predicted molar refractivity (Wildman–Crippen MR) is 112 cm³/mol. The molecule has 9 heteroatoms. The number of hydroxylamine groups is 1. The Labute approximate surface area is 181 Å². The van der Waals surface area contributed by atoms with Crippen molar-refractivity contribution in [2.45, 2.75) is 12.1 Å². The van der Waals surface area contributed by atoms with Gasteiger partial charge in [0.1, 0.15) is 11.7 Å². The van der Waals surface area contributed by atoms with Crippen molar-refractivity contribution in [2.24, 2.45) is 5.92 Å². The monoisotopic (exact) mass is 433 g/mol. The minimum absolute atomic E-state index is 0.0859. The number of halogens is 1. The smallest absolute Gasteiger partial charge is 0.269 e. The van der Waals surface area contributed by atoms with Crippen molar-refractivity contribution in [1.82, 2.24) is 0 Å². The summed E-state index contributed by atoms with van der Waals surface area (Å²) in [5.74, 6) is -2.39. The van der Waals surface area contributed by atoms with Crippen LogP contribution >= 0.6 is 0 Å². The van der Waals surface area contributed by atoms with Crippen LogP contribution in [0.5, 0.6) is 0 Å². The summed E-state index contributed by atoms with van der Waals surface area (Å²) < 4.78 is 13.3. The average molecular weight is 433 g/mol. The van der Waals surface area contributed by atoms with Crippen molar-refractivity contribution in [1.29, 1.82) is 0 Å². The van der Waals surface area contributed by atoms with Gasteiger partial charge in [0, 0.05) is 12.1 Å². The number of amides is 2. The van der Waals surface area contributed by atoms with Gasteiger partial charge in [0.05, 0.1) is 22.3 Å². The average Bonchev–Trinajstić information content (AvgIpc) is 3.31. The van der Waals surface area contributed by atoms with E-state index >= 15 is 0 Å². The SMILES string of the molecule is O=C1[C@H]2[C@@H](ON(c3ccccc3)[C@H]2c2ccc([N+](=O)[O-])cc2)C(=O)N1c1ccc(F)cc1. The van der Waals surface area contributed by atoms with E-state index in [-0.39, 0.29) is 11.4 Å². The van der Waals surface area contributed by atoms with Gasteiger partial charge in [0.25, 0.3) is 11.6 Å². The third-order valence-electron chi connectivity index (χ3n) is 5.66. The lowest BCUT2D eigenvalue weighted by atomic mass is 9.90. The van der Waals surface area contributed by atoms with Crippen LogP contribution in [-0.2, 0) is 14.4 Å². The number of nitro groups is 1. The largest absolute Gasteiger partial charge is 0.273 e. The Morgan fingerprint density at radius 1 is 0.844 bits per heavy atom. The van der Waals surface area contributed by atoms with Gasteiger partial charge >= 0.3 is 0 Å². The second kappa shape index (κ2) is 7.54. The summed E-state index contributed by atoms with van der Waals surface area (Å²) in [7, 11) is 0. The van der Waals surface area contributed by atoms with Crippen LogP contribution in [-0.4, -0.2) is 22.8 Å². The highest BCUT2D eigenvalue weighted by atomic mass is 19.1. The minimum atomic E-state index is -1.08. The molecule has 3 aromatic carbocycles.